The van der Waals surface area contributed by atoms with E-state index in [0.29, 0.717) is 0 Å². The lowest BCUT2D eigenvalue weighted by atomic mass is 9.80. The van der Waals surface area contributed by atoms with Crippen LogP contribution in [-0.2, 0) is 0 Å². The van der Waals surface area contributed by atoms with Crippen LogP contribution in [0.5, 0.6) is 0 Å². The van der Waals surface area contributed by atoms with Gasteiger partial charge in [-0.15, -0.1) is 0 Å². The van der Waals surface area contributed by atoms with Crippen LogP contribution in [0.15, 0.2) is 0 Å². The quantitative estimate of drug-likeness (QED) is 0.840. The van der Waals surface area contributed by atoms with Gasteiger partial charge in [0.1, 0.15) is 0 Å². The molecule has 1 N–H and O–H groups in total. The van der Waals surface area contributed by atoms with Gasteiger partial charge in [0.2, 0.25) is 0 Å². The van der Waals surface area contributed by atoms with Gasteiger partial charge in [0.05, 0.1) is 0 Å². The van der Waals surface area contributed by atoms with E-state index in [2.05, 4.69) is 24.2 Å². The predicted octanol–water partition coefficient (Wildman–Crippen LogP) is 3.42. The summed E-state index contributed by atoms with van der Waals surface area (Å²) in [6.45, 7) is 3.73. The second-order valence-corrected chi connectivity index (χ2v) is 7.62. The van der Waals surface area contributed by atoms with Crippen LogP contribution < -0.4 is 5.32 Å². The minimum absolute atomic E-state index is 0.809. The van der Waals surface area contributed by atoms with Gasteiger partial charge in [-0.1, -0.05) is 26.2 Å². The normalized spacial score (nSPS) is 44.2. The summed E-state index contributed by atoms with van der Waals surface area (Å²) >= 11 is 0. The van der Waals surface area contributed by atoms with Crippen molar-refractivity contribution in [1.82, 2.24) is 10.2 Å². The van der Waals surface area contributed by atoms with Gasteiger partial charge in [-0.3, -0.25) is 0 Å². The first kappa shape index (κ1) is 13.9. The molecule has 0 spiro atoms. The molecule has 0 amide bonds. The molecule has 2 nitrogen and oxygen atoms in total. The zero-order valence-electron chi connectivity index (χ0n) is 12.9. The Balaban J connectivity index is 1.46. The van der Waals surface area contributed by atoms with E-state index in [0.717, 1.165) is 30.0 Å². The number of rotatable bonds is 3. The van der Waals surface area contributed by atoms with Crippen molar-refractivity contribution in [3.8, 4) is 0 Å². The van der Waals surface area contributed by atoms with Gasteiger partial charge < -0.3 is 10.2 Å². The number of fused-ring (bicyclic) bond motifs is 2. The first-order valence-electron chi connectivity index (χ1n) is 8.67. The molecule has 3 rings (SSSR count). The Morgan fingerprint density at radius 2 is 1.63 bits per heavy atom. The number of piperidine rings is 2. The van der Waals surface area contributed by atoms with Crippen LogP contribution in [0.1, 0.15) is 64.7 Å². The Labute approximate surface area is 119 Å². The lowest BCUT2D eigenvalue weighted by Gasteiger charge is -2.47. The molecular formula is C17H32N2. The molecule has 1 aliphatic carbocycles. The lowest BCUT2D eigenvalue weighted by molar-refractivity contribution is 0.0469. The molecule has 3 fully saturated rings. The second kappa shape index (κ2) is 6.13. The van der Waals surface area contributed by atoms with Gasteiger partial charge in [0, 0.05) is 18.1 Å². The molecule has 110 valence electrons. The Morgan fingerprint density at radius 3 is 2.32 bits per heavy atom. The van der Waals surface area contributed by atoms with Crippen molar-refractivity contribution in [2.45, 2.75) is 82.8 Å². The third-order valence-corrected chi connectivity index (χ3v) is 6.08. The van der Waals surface area contributed by atoms with Crippen molar-refractivity contribution >= 4 is 0 Å². The van der Waals surface area contributed by atoms with E-state index in [1.165, 1.54) is 64.3 Å². The summed E-state index contributed by atoms with van der Waals surface area (Å²) in [4.78, 5) is 2.67. The fraction of sp³-hybridized carbons (Fsp3) is 1.00. The van der Waals surface area contributed by atoms with Crippen molar-refractivity contribution < 1.29 is 0 Å². The molecule has 2 heterocycles. The predicted molar refractivity (Wildman–Crippen MR) is 81.3 cm³/mol. The van der Waals surface area contributed by atoms with Crippen LogP contribution in [0.3, 0.4) is 0 Å². The monoisotopic (exact) mass is 264 g/mol. The number of nitrogens with zero attached hydrogens (tertiary/aromatic N) is 1. The summed E-state index contributed by atoms with van der Waals surface area (Å²) in [5.74, 6) is 1.93. The standard InChI is InChI=1S/C17H32N2/c1-13-5-3-6-14(9-13)12-18-15-10-16-7-4-8-17(11-15)19(16)2/h13-18H,3-12H2,1-2H3. The minimum Gasteiger partial charge on any atom is -0.314 e. The van der Waals surface area contributed by atoms with E-state index in [-0.39, 0.29) is 0 Å². The Morgan fingerprint density at radius 1 is 0.947 bits per heavy atom. The Bertz CT molecular complexity index is 277. The molecule has 2 saturated heterocycles. The van der Waals surface area contributed by atoms with Gasteiger partial charge >= 0.3 is 0 Å². The van der Waals surface area contributed by atoms with E-state index in [1.807, 2.05) is 0 Å². The molecule has 4 atom stereocenters. The highest BCUT2D eigenvalue weighted by Crippen LogP contribution is 2.33. The summed E-state index contributed by atoms with van der Waals surface area (Å²) in [6.07, 6.45) is 13.0. The zero-order chi connectivity index (χ0) is 13.2. The summed E-state index contributed by atoms with van der Waals surface area (Å²) in [5.41, 5.74) is 0. The molecule has 0 aromatic carbocycles. The first-order chi connectivity index (χ1) is 9.22. The van der Waals surface area contributed by atoms with Gasteiger partial charge in [0.25, 0.3) is 0 Å². The van der Waals surface area contributed by atoms with Crippen molar-refractivity contribution in [2.24, 2.45) is 11.8 Å². The van der Waals surface area contributed by atoms with Crippen molar-refractivity contribution in [2.75, 3.05) is 13.6 Å². The molecular weight excluding hydrogens is 232 g/mol. The highest BCUT2D eigenvalue weighted by atomic mass is 15.2. The highest BCUT2D eigenvalue weighted by Gasteiger charge is 2.35. The molecule has 0 aromatic heterocycles. The average Bonchev–Trinajstić information content (AvgIpc) is 2.37. The molecule has 2 aliphatic heterocycles. The highest BCUT2D eigenvalue weighted by molar-refractivity contribution is 4.93. The zero-order valence-corrected chi connectivity index (χ0v) is 12.9. The third-order valence-electron chi connectivity index (χ3n) is 6.08. The van der Waals surface area contributed by atoms with E-state index in [9.17, 15) is 0 Å². The van der Waals surface area contributed by atoms with Crippen molar-refractivity contribution in [3.63, 3.8) is 0 Å². The Hall–Kier alpha value is -0.0800. The fourth-order valence-corrected chi connectivity index (χ4v) is 4.86. The van der Waals surface area contributed by atoms with Crippen LogP contribution in [0, 0.1) is 11.8 Å². The van der Waals surface area contributed by atoms with Gasteiger partial charge in [0.15, 0.2) is 0 Å². The van der Waals surface area contributed by atoms with Crippen molar-refractivity contribution in [1.29, 1.82) is 0 Å². The molecule has 19 heavy (non-hydrogen) atoms. The third kappa shape index (κ3) is 3.33. The maximum atomic E-state index is 3.93. The molecule has 0 aromatic rings. The summed E-state index contributed by atoms with van der Waals surface area (Å²) < 4.78 is 0. The molecule has 2 bridgehead atoms. The largest absolute Gasteiger partial charge is 0.314 e. The molecule has 0 radical (unpaired) electrons. The van der Waals surface area contributed by atoms with E-state index >= 15 is 0 Å². The topological polar surface area (TPSA) is 15.3 Å². The fourth-order valence-electron chi connectivity index (χ4n) is 4.86. The smallest absolute Gasteiger partial charge is 0.0110 e. The summed E-state index contributed by atoms with van der Waals surface area (Å²) in [5, 5.41) is 3.93. The van der Waals surface area contributed by atoms with Crippen LogP contribution in [0.2, 0.25) is 0 Å². The molecule has 4 unspecified atom stereocenters. The number of hydrogen-bond acceptors (Lipinski definition) is 2. The van der Waals surface area contributed by atoms with Crippen LogP contribution in [-0.4, -0.2) is 36.6 Å². The van der Waals surface area contributed by atoms with E-state index in [1.54, 1.807) is 0 Å². The van der Waals surface area contributed by atoms with Gasteiger partial charge in [-0.05, 0) is 64.0 Å². The second-order valence-electron chi connectivity index (χ2n) is 7.62. The molecule has 1 saturated carbocycles. The maximum Gasteiger partial charge on any atom is 0.0110 e. The lowest BCUT2D eigenvalue weighted by Crippen LogP contribution is -2.54. The first-order valence-corrected chi connectivity index (χ1v) is 8.67. The molecule has 2 heteroatoms. The maximum absolute atomic E-state index is 3.93. The molecule has 3 aliphatic rings. The SMILES string of the molecule is CC1CCCC(CNC2CC3CCCC(C2)N3C)C1. The van der Waals surface area contributed by atoms with E-state index in [4.69, 9.17) is 0 Å². The minimum atomic E-state index is 0.809. The number of nitrogens with one attached hydrogen (secondary N) is 1. The van der Waals surface area contributed by atoms with Crippen LogP contribution in [0.4, 0.5) is 0 Å². The Kier molecular flexibility index (Phi) is 4.48. The van der Waals surface area contributed by atoms with Gasteiger partial charge in [-0.25, -0.2) is 0 Å². The van der Waals surface area contributed by atoms with Gasteiger partial charge in [-0.2, -0.15) is 0 Å². The summed E-state index contributed by atoms with van der Waals surface area (Å²) in [6, 6.07) is 2.55. The summed E-state index contributed by atoms with van der Waals surface area (Å²) in [7, 11) is 2.35. The number of hydrogen-bond donors (Lipinski definition) is 1. The van der Waals surface area contributed by atoms with E-state index < -0.39 is 0 Å². The van der Waals surface area contributed by atoms with Crippen LogP contribution >= 0.6 is 0 Å². The average molecular weight is 264 g/mol. The van der Waals surface area contributed by atoms with Crippen molar-refractivity contribution in [3.05, 3.63) is 0 Å². The van der Waals surface area contributed by atoms with Crippen LogP contribution in [0.25, 0.3) is 0 Å².